The summed E-state index contributed by atoms with van der Waals surface area (Å²) in [6.07, 6.45) is 1.20. The topological polar surface area (TPSA) is 144 Å². The lowest BCUT2D eigenvalue weighted by molar-refractivity contribution is -0.191. The van der Waals surface area contributed by atoms with Gasteiger partial charge in [0.15, 0.2) is 0 Å². The van der Waals surface area contributed by atoms with Crippen LogP contribution in [-0.2, 0) is 24.0 Å². The normalized spacial score (nSPS) is 12.1. The van der Waals surface area contributed by atoms with Gasteiger partial charge in [-0.3, -0.25) is 9.59 Å². The van der Waals surface area contributed by atoms with Crippen LogP contribution in [0.25, 0.3) is 0 Å². The number of nitrogens with two attached hydrogens (primary N) is 1. The van der Waals surface area contributed by atoms with Crippen molar-refractivity contribution in [2.75, 3.05) is 18.1 Å². The van der Waals surface area contributed by atoms with E-state index >= 15 is 0 Å². The first-order valence-corrected chi connectivity index (χ1v) is 7.60. The van der Waals surface area contributed by atoms with Crippen LogP contribution in [0.3, 0.4) is 0 Å². The lowest BCUT2D eigenvalue weighted by Gasteiger charge is -2.17. The molecule has 8 nitrogen and oxygen atoms in total. The molecule has 10 heteroatoms. The summed E-state index contributed by atoms with van der Waals surface area (Å²) in [4.78, 5) is 50.4. The highest BCUT2D eigenvalue weighted by molar-refractivity contribution is 7.80. The third-order valence-electron chi connectivity index (χ3n) is 2.52. The maximum atomic E-state index is 11.8. The molecule has 0 aromatic rings. The third-order valence-corrected chi connectivity index (χ3v) is 3.33. The number of thiol groups is 2. The Bertz CT molecular complexity index is 399. The van der Waals surface area contributed by atoms with E-state index in [1.807, 2.05) is 0 Å². The third kappa shape index (κ3) is 11.3. The molecule has 0 aliphatic rings. The van der Waals surface area contributed by atoms with Gasteiger partial charge in [-0.15, -0.1) is 0 Å². The largest absolute Gasteiger partial charge is 0.480 e. The van der Waals surface area contributed by atoms with Gasteiger partial charge in [0.25, 0.3) is 0 Å². The number of nitrogens with one attached hydrogen (secondary N) is 1. The second kappa shape index (κ2) is 14.6. The Labute approximate surface area is 139 Å². The highest BCUT2D eigenvalue weighted by Crippen LogP contribution is 2.10. The van der Waals surface area contributed by atoms with Crippen molar-refractivity contribution in [3.05, 3.63) is 0 Å². The predicted molar refractivity (Wildman–Crippen MR) is 83.7 cm³/mol. The van der Waals surface area contributed by atoms with Crippen molar-refractivity contribution in [2.45, 2.75) is 25.3 Å². The Morgan fingerprint density at radius 1 is 1.18 bits per heavy atom. The first-order chi connectivity index (χ1) is 10.4. The Morgan fingerprint density at radius 2 is 1.73 bits per heavy atom. The molecule has 0 aliphatic carbocycles. The summed E-state index contributed by atoms with van der Waals surface area (Å²) >= 11 is 7.87. The van der Waals surface area contributed by atoms with E-state index < -0.39 is 23.8 Å². The van der Waals surface area contributed by atoms with Crippen molar-refractivity contribution in [1.82, 2.24) is 5.32 Å². The van der Waals surface area contributed by atoms with E-state index in [1.165, 1.54) is 0 Å². The summed E-state index contributed by atoms with van der Waals surface area (Å²) in [5.41, 5.74) is 5.30. The number of aliphatic carboxylic acids is 1. The van der Waals surface area contributed by atoms with Gasteiger partial charge < -0.3 is 16.2 Å². The monoisotopic (exact) mass is 352 g/mol. The van der Waals surface area contributed by atoms with Gasteiger partial charge in [-0.2, -0.15) is 34.8 Å². The number of hydrogen-bond acceptors (Lipinski definition) is 8. The molecule has 2 atom stereocenters. The summed E-state index contributed by atoms with van der Waals surface area (Å²) in [5, 5.41) is 11.1. The van der Waals surface area contributed by atoms with Crippen LogP contribution in [0, 0.1) is 5.92 Å². The van der Waals surface area contributed by atoms with Gasteiger partial charge in [0.05, 0.1) is 5.92 Å². The van der Waals surface area contributed by atoms with Crippen LogP contribution in [0.1, 0.15) is 19.3 Å². The Kier molecular flexibility index (Phi) is 15.2. The van der Waals surface area contributed by atoms with E-state index in [1.54, 1.807) is 0 Å². The maximum absolute atomic E-state index is 11.8. The number of ketones is 1. The number of amides is 1. The van der Waals surface area contributed by atoms with Crippen molar-refractivity contribution in [3.8, 4) is 0 Å². The van der Waals surface area contributed by atoms with E-state index in [9.17, 15) is 14.4 Å². The fourth-order valence-electron chi connectivity index (χ4n) is 1.39. The molecule has 0 spiro atoms. The van der Waals surface area contributed by atoms with E-state index in [-0.39, 0.29) is 29.9 Å². The van der Waals surface area contributed by atoms with Gasteiger partial charge in [-0.25, -0.2) is 4.79 Å². The second-order valence-corrected chi connectivity index (χ2v) is 4.91. The van der Waals surface area contributed by atoms with Crippen LogP contribution in [0.4, 0.5) is 0 Å². The molecular formula is C12H20N2O6S2. The maximum Gasteiger partial charge on any atom is 0.373 e. The molecule has 22 heavy (non-hydrogen) atoms. The summed E-state index contributed by atoms with van der Waals surface area (Å²) in [7, 11) is 0. The lowest BCUT2D eigenvalue weighted by Crippen LogP contribution is -2.45. The number of rotatable bonds is 10. The van der Waals surface area contributed by atoms with E-state index in [0.717, 1.165) is 0 Å². The molecule has 0 aliphatic heterocycles. The predicted octanol–water partition coefficient (Wildman–Crippen LogP) is -0.854. The molecule has 0 bridgehead atoms. The SMILES string of the molecule is NCCCC(=O)C[C@@H](CS)C(=O)N[C@@H](CS)C(=O)O.O=C=O. The molecule has 0 saturated heterocycles. The molecule has 1 amide bonds. The first kappa shape index (κ1) is 22.9. The second-order valence-electron chi connectivity index (χ2n) is 4.18. The Hall–Kier alpha value is -1.35. The molecule has 0 radical (unpaired) electrons. The standard InChI is InChI=1S/C11H20N2O4S2.CO2/c12-3-1-2-8(14)4-7(5-18)10(15)13-9(6-19)11(16)17;2-1-3/h7,9,18-19H,1-6,12H2,(H,13,15)(H,16,17);/t7-,9-;/m0./s1. The smallest absolute Gasteiger partial charge is 0.373 e. The van der Waals surface area contributed by atoms with Gasteiger partial charge in [-0.05, 0) is 13.0 Å². The zero-order valence-corrected chi connectivity index (χ0v) is 13.6. The molecule has 0 heterocycles. The molecule has 126 valence electrons. The van der Waals surface area contributed by atoms with Gasteiger partial charge >= 0.3 is 12.1 Å². The van der Waals surface area contributed by atoms with Crippen molar-refractivity contribution in [3.63, 3.8) is 0 Å². The number of hydrogen-bond donors (Lipinski definition) is 5. The highest BCUT2D eigenvalue weighted by atomic mass is 32.1. The average molecular weight is 352 g/mol. The minimum absolute atomic E-state index is 0.0124. The average Bonchev–Trinajstić information content (AvgIpc) is 2.48. The van der Waals surface area contributed by atoms with Crippen LogP contribution in [0.15, 0.2) is 0 Å². The summed E-state index contributed by atoms with van der Waals surface area (Å²) in [5.74, 6) is -2.18. The van der Waals surface area contributed by atoms with Gasteiger partial charge in [0.2, 0.25) is 5.91 Å². The van der Waals surface area contributed by atoms with E-state index in [4.69, 9.17) is 20.4 Å². The zero-order chi connectivity index (χ0) is 17.5. The minimum Gasteiger partial charge on any atom is -0.480 e. The number of Topliss-reactive ketones (excluding diaryl/α,β-unsaturated/α-hetero) is 1. The molecule has 0 unspecified atom stereocenters. The van der Waals surface area contributed by atoms with Crippen molar-refractivity contribution < 1.29 is 29.1 Å². The number of carbonyl (C=O) groups excluding carboxylic acids is 4. The Balaban J connectivity index is 0. The summed E-state index contributed by atoms with van der Waals surface area (Å²) in [6, 6.07) is -1.06. The molecule has 0 rings (SSSR count). The fraction of sp³-hybridized carbons (Fsp3) is 0.667. The molecule has 0 fully saturated rings. The van der Waals surface area contributed by atoms with Crippen molar-refractivity contribution >= 4 is 49.1 Å². The molecule has 0 aromatic heterocycles. The number of carbonyl (C=O) groups is 3. The van der Waals surface area contributed by atoms with Gasteiger partial charge in [-0.1, -0.05) is 0 Å². The molecule has 4 N–H and O–H groups in total. The van der Waals surface area contributed by atoms with Crippen LogP contribution >= 0.6 is 25.3 Å². The fourth-order valence-corrected chi connectivity index (χ4v) is 1.93. The van der Waals surface area contributed by atoms with Gasteiger partial charge in [0, 0.05) is 24.3 Å². The molecular weight excluding hydrogens is 332 g/mol. The van der Waals surface area contributed by atoms with Crippen LogP contribution in [0.5, 0.6) is 0 Å². The molecule has 0 saturated carbocycles. The minimum atomic E-state index is -1.16. The first-order valence-electron chi connectivity index (χ1n) is 6.33. The highest BCUT2D eigenvalue weighted by Gasteiger charge is 2.25. The van der Waals surface area contributed by atoms with Gasteiger partial charge in [0.1, 0.15) is 11.8 Å². The van der Waals surface area contributed by atoms with Crippen LogP contribution in [-0.4, -0.2) is 53.0 Å². The number of carboxylic acid groups (broad SMARTS) is 1. The van der Waals surface area contributed by atoms with Crippen molar-refractivity contribution in [2.24, 2.45) is 11.7 Å². The lowest BCUT2D eigenvalue weighted by atomic mass is 10.0. The molecule has 0 aromatic carbocycles. The summed E-state index contributed by atoms with van der Waals surface area (Å²) in [6.45, 7) is 0.421. The van der Waals surface area contributed by atoms with Crippen LogP contribution in [0.2, 0.25) is 0 Å². The van der Waals surface area contributed by atoms with E-state index in [2.05, 4.69) is 30.6 Å². The zero-order valence-electron chi connectivity index (χ0n) is 11.9. The summed E-state index contributed by atoms with van der Waals surface area (Å²) < 4.78 is 0. The Morgan fingerprint density at radius 3 is 2.09 bits per heavy atom. The van der Waals surface area contributed by atoms with Crippen molar-refractivity contribution in [1.29, 1.82) is 0 Å². The van der Waals surface area contributed by atoms with E-state index in [0.29, 0.717) is 19.4 Å². The number of carboxylic acids is 1. The quantitative estimate of drug-likeness (QED) is 0.322. The van der Waals surface area contributed by atoms with Crippen LogP contribution < -0.4 is 11.1 Å².